The van der Waals surface area contributed by atoms with Gasteiger partial charge < -0.3 is 26.2 Å². The molecule has 0 N–H and O–H groups in total. The third kappa shape index (κ3) is 6.28. The summed E-state index contributed by atoms with van der Waals surface area (Å²) in [5.41, 5.74) is 1.16. The third-order valence-electron chi connectivity index (χ3n) is 7.14. The predicted molar refractivity (Wildman–Crippen MR) is 134 cm³/mol. The van der Waals surface area contributed by atoms with E-state index in [-0.39, 0.29) is 35.4 Å². The number of thioether (sulfide) groups is 1. The quantitative estimate of drug-likeness (QED) is 0.320. The summed E-state index contributed by atoms with van der Waals surface area (Å²) in [4.78, 5) is 16.1. The summed E-state index contributed by atoms with van der Waals surface area (Å²) in [6.45, 7) is 3.16. The van der Waals surface area contributed by atoms with E-state index in [1.807, 2.05) is 17.8 Å². The maximum atomic E-state index is 14.0. The molecule has 3 heterocycles. The fourth-order valence-electron chi connectivity index (χ4n) is 5.13. The number of amides is 1. The highest BCUT2D eigenvalue weighted by atomic mass is 79.9. The molecule has 6 rings (SSSR count). The first-order valence-electron chi connectivity index (χ1n) is 12.0. The van der Waals surface area contributed by atoms with Crippen LogP contribution in [0.25, 0.3) is 0 Å². The molecule has 1 atom stereocenters. The third-order valence-corrected chi connectivity index (χ3v) is 8.42. The van der Waals surface area contributed by atoms with Crippen molar-refractivity contribution in [1.29, 1.82) is 0 Å². The van der Waals surface area contributed by atoms with Gasteiger partial charge in [0.1, 0.15) is 24.1 Å². The second-order valence-corrected chi connectivity index (χ2v) is 10.5. The van der Waals surface area contributed by atoms with E-state index >= 15 is 0 Å². The van der Waals surface area contributed by atoms with Crippen LogP contribution in [0.5, 0.6) is 0 Å². The Labute approximate surface area is 225 Å². The SMILES string of the molecule is O=C(O[C@H]1C[N+]2(CSc3ccccc3)CCC1CC2)N(Cc1ccc(F)cc1)c1cccc(F)c1.[Br-]. The van der Waals surface area contributed by atoms with E-state index in [1.54, 1.807) is 24.3 Å². The molecule has 3 saturated heterocycles. The molecule has 4 nitrogen and oxygen atoms in total. The van der Waals surface area contributed by atoms with Crippen LogP contribution < -0.4 is 21.9 Å². The maximum absolute atomic E-state index is 14.0. The lowest BCUT2D eigenvalue weighted by molar-refractivity contribution is -0.934. The van der Waals surface area contributed by atoms with Crippen molar-refractivity contribution in [1.82, 2.24) is 0 Å². The average Bonchev–Trinajstić information content (AvgIpc) is 2.88. The van der Waals surface area contributed by atoms with Crippen LogP contribution in [0.1, 0.15) is 18.4 Å². The molecule has 0 aliphatic carbocycles. The first kappa shape index (κ1) is 26.6. The second-order valence-electron chi connectivity index (χ2n) is 9.51. The smallest absolute Gasteiger partial charge is 0.415 e. The zero-order chi connectivity index (χ0) is 24.3. The number of halogens is 3. The fourth-order valence-corrected chi connectivity index (χ4v) is 6.27. The molecular weight excluding hydrogens is 546 g/mol. The number of hydrogen-bond acceptors (Lipinski definition) is 3. The minimum absolute atomic E-state index is 0. The Balaban J connectivity index is 0.00000304. The Morgan fingerprint density at radius 2 is 1.67 bits per heavy atom. The van der Waals surface area contributed by atoms with E-state index in [9.17, 15) is 13.6 Å². The zero-order valence-corrected chi connectivity index (χ0v) is 22.3. The highest BCUT2D eigenvalue weighted by Crippen LogP contribution is 2.38. The Morgan fingerprint density at radius 3 is 2.36 bits per heavy atom. The summed E-state index contributed by atoms with van der Waals surface area (Å²) in [6.07, 6.45) is 1.40. The lowest BCUT2D eigenvalue weighted by Gasteiger charge is -2.51. The summed E-state index contributed by atoms with van der Waals surface area (Å²) in [7, 11) is 0. The fraction of sp³-hybridized carbons (Fsp3) is 0.321. The van der Waals surface area contributed by atoms with Crippen molar-refractivity contribution in [2.45, 2.75) is 30.4 Å². The number of carbonyl (C=O) groups is 1. The number of benzene rings is 3. The number of carbonyl (C=O) groups excluding carboxylic acids is 1. The van der Waals surface area contributed by atoms with E-state index < -0.39 is 11.9 Å². The van der Waals surface area contributed by atoms with E-state index in [0.717, 1.165) is 48.4 Å². The Bertz CT molecular complexity index is 1160. The standard InChI is InChI=1S/C28H29F2N2O2S.BrH/c29-23-11-9-21(10-12-23)18-31(25-6-4-5-24(30)17-25)28(33)34-27-19-32(15-13-22(27)14-16-32)20-35-26-7-2-1-3-8-26;/h1-12,17,22,27H,13-16,18-20H2;1H/q+1;/p-1/t22?,27-,32?;/m0./s1. The molecule has 190 valence electrons. The zero-order valence-electron chi connectivity index (χ0n) is 19.9. The van der Waals surface area contributed by atoms with Crippen LogP contribution in [-0.2, 0) is 11.3 Å². The van der Waals surface area contributed by atoms with Gasteiger partial charge in [0.25, 0.3) is 0 Å². The first-order valence-corrected chi connectivity index (χ1v) is 13.0. The second kappa shape index (κ2) is 11.8. The topological polar surface area (TPSA) is 29.5 Å². The summed E-state index contributed by atoms with van der Waals surface area (Å²) in [6, 6.07) is 22.3. The molecule has 0 spiro atoms. The number of nitrogens with zero attached hydrogens (tertiary/aromatic N) is 2. The summed E-state index contributed by atoms with van der Waals surface area (Å²) in [5, 5.41) is 0. The van der Waals surface area contributed by atoms with Gasteiger partial charge in [-0.3, -0.25) is 4.90 Å². The van der Waals surface area contributed by atoms with Gasteiger partial charge in [-0.05, 0) is 48.0 Å². The van der Waals surface area contributed by atoms with Crippen LogP contribution in [0.4, 0.5) is 19.3 Å². The molecule has 3 aliphatic rings. The van der Waals surface area contributed by atoms with Crippen molar-refractivity contribution in [3.8, 4) is 0 Å². The molecule has 8 heteroatoms. The van der Waals surface area contributed by atoms with Crippen molar-refractivity contribution in [2.75, 3.05) is 30.4 Å². The minimum Gasteiger partial charge on any atom is -1.00 e. The van der Waals surface area contributed by atoms with Gasteiger partial charge in [0.2, 0.25) is 0 Å². The molecule has 3 aromatic rings. The van der Waals surface area contributed by atoms with Crippen molar-refractivity contribution < 1.29 is 39.8 Å². The Morgan fingerprint density at radius 1 is 0.944 bits per heavy atom. The van der Waals surface area contributed by atoms with Crippen LogP contribution in [0, 0.1) is 17.6 Å². The van der Waals surface area contributed by atoms with Gasteiger partial charge in [-0.15, -0.1) is 0 Å². The van der Waals surface area contributed by atoms with Crippen LogP contribution in [0.15, 0.2) is 83.8 Å². The number of ether oxygens (including phenoxy) is 1. The average molecular weight is 576 g/mol. The monoisotopic (exact) mass is 574 g/mol. The molecule has 3 aromatic carbocycles. The van der Waals surface area contributed by atoms with Gasteiger partial charge in [0.15, 0.2) is 6.10 Å². The van der Waals surface area contributed by atoms with E-state index in [4.69, 9.17) is 4.74 Å². The van der Waals surface area contributed by atoms with Gasteiger partial charge >= 0.3 is 6.09 Å². The molecule has 0 unspecified atom stereocenters. The summed E-state index contributed by atoms with van der Waals surface area (Å²) < 4.78 is 34.5. The van der Waals surface area contributed by atoms with Crippen molar-refractivity contribution in [3.05, 3.63) is 96.1 Å². The number of fused-ring (bicyclic) bond motifs is 3. The first-order chi connectivity index (χ1) is 17.0. The Hall–Kier alpha value is -2.42. The van der Waals surface area contributed by atoms with Crippen LogP contribution in [0.3, 0.4) is 0 Å². The molecule has 0 radical (unpaired) electrons. The van der Waals surface area contributed by atoms with Gasteiger partial charge in [0.05, 0.1) is 25.3 Å². The highest BCUT2D eigenvalue weighted by molar-refractivity contribution is 7.99. The van der Waals surface area contributed by atoms with E-state index in [2.05, 4.69) is 24.3 Å². The van der Waals surface area contributed by atoms with Gasteiger partial charge in [-0.25, -0.2) is 13.6 Å². The number of anilines is 1. The van der Waals surface area contributed by atoms with Gasteiger partial charge in [-0.1, -0.05) is 48.2 Å². The number of piperidine rings is 3. The van der Waals surface area contributed by atoms with Gasteiger partial charge in [0, 0.05) is 23.7 Å². The maximum Gasteiger partial charge on any atom is 0.415 e. The van der Waals surface area contributed by atoms with Gasteiger partial charge in [-0.2, -0.15) is 0 Å². The highest BCUT2D eigenvalue weighted by Gasteiger charge is 2.48. The van der Waals surface area contributed by atoms with Crippen molar-refractivity contribution >= 4 is 23.5 Å². The lowest BCUT2D eigenvalue weighted by atomic mass is 9.84. The predicted octanol–water partition coefficient (Wildman–Crippen LogP) is 3.47. The number of hydrogen-bond donors (Lipinski definition) is 0. The summed E-state index contributed by atoms with van der Waals surface area (Å²) in [5.74, 6) is 0.530. The normalized spacial score (nSPS) is 22.5. The number of quaternary nitrogens is 1. The molecule has 0 aromatic heterocycles. The van der Waals surface area contributed by atoms with E-state index in [1.165, 1.54) is 34.1 Å². The minimum atomic E-state index is -0.493. The molecule has 2 bridgehead atoms. The molecule has 36 heavy (non-hydrogen) atoms. The van der Waals surface area contributed by atoms with E-state index in [0.29, 0.717) is 11.6 Å². The molecule has 1 amide bonds. The Kier molecular flexibility index (Phi) is 8.70. The van der Waals surface area contributed by atoms with Crippen molar-refractivity contribution in [2.24, 2.45) is 5.92 Å². The van der Waals surface area contributed by atoms with Crippen LogP contribution in [-0.4, -0.2) is 42.2 Å². The summed E-state index contributed by atoms with van der Waals surface area (Å²) >= 11 is 1.85. The molecule has 3 fully saturated rings. The van der Waals surface area contributed by atoms with Crippen LogP contribution >= 0.6 is 11.8 Å². The molecular formula is C28H29BrF2N2O2S. The molecule has 0 saturated carbocycles. The number of rotatable bonds is 7. The lowest BCUT2D eigenvalue weighted by Crippen LogP contribution is -3.00. The molecule has 3 aliphatic heterocycles. The van der Waals surface area contributed by atoms with Crippen LogP contribution in [0.2, 0.25) is 0 Å². The largest absolute Gasteiger partial charge is 1.00 e. The van der Waals surface area contributed by atoms with Crippen molar-refractivity contribution in [3.63, 3.8) is 0 Å².